The Balaban J connectivity index is 1.91. The number of ether oxygens (including phenoxy) is 1. The Kier molecular flexibility index (Phi) is 5.73. The van der Waals surface area contributed by atoms with Crippen LogP contribution in [0.4, 0.5) is 0 Å². The molecular weight excluding hydrogens is 289 g/mol. The van der Waals surface area contributed by atoms with Crippen LogP contribution in [0.5, 0.6) is 0 Å². The maximum Gasteiger partial charge on any atom is 0.460 e. The number of hydrogen-bond acceptors (Lipinski definition) is 5. The van der Waals surface area contributed by atoms with Crippen molar-refractivity contribution in [1.82, 2.24) is 24.6 Å². The topological polar surface area (TPSA) is 81.9 Å². The summed E-state index contributed by atoms with van der Waals surface area (Å²) >= 11 is 0. The molecule has 2 rings (SSSR count). The highest BCUT2D eigenvalue weighted by atomic mass is 31.1. The molecule has 0 aliphatic rings. The lowest BCUT2D eigenvalue weighted by Gasteiger charge is -2.10. The Morgan fingerprint density at radius 2 is 2.24 bits per heavy atom. The first kappa shape index (κ1) is 15.9. The summed E-state index contributed by atoms with van der Waals surface area (Å²) in [6.07, 6.45) is 4.38. The van der Waals surface area contributed by atoms with Gasteiger partial charge in [0, 0.05) is 6.54 Å². The number of rotatable bonds is 8. The highest BCUT2D eigenvalue weighted by molar-refractivity contribution is 7.42. The van der Waals surface area contributed by atoms with E-state index < -0.39 is 7.95 Å². The summed E-state index contributed by atoms with van der Waals surface area (Å²) in [4.78, 5) is 12.7. The normalized spacial score (nSPS) is 13.6. The quantitative estimate of drug-likeness (QED) is 0.753. The van der Waals surface area contributed by atoms with E-state index in [-0.39, 0.29) is 12.5 Å². The molecule has 0 aliphatic carbocycles. The molecule has 8 heteroatoms. The second-order valence-electron chi connectivity index (χ2n) is 4.92. The van der Waals surface area contributed by atoms with E-state index in [0.717, 1.165) is 29.8 Å². The van der Waals surface area contributed by atoms with Crippen LogP contribution in [0.1, 0.15) is 26.0 Å². The molecule has 2 atom stereocenters. The number of hydrogen-bond donors (Lipinski definition) is 1. The van der Waals surface area contributed by atoms with Gasteiger partial charge in [-0.25, -0.2) is 15.0 Å². The van der Waals surface area contributed by atoms with Crippen molar-refractivity contribution in [2.24, 2.45) is 0 Å². The first-order chi connectivity index (χ1) is 10.1. The van der Waals surface area contributed by atoms with Crippen LogP contribution in [-0.2, 0) is 15.8 Å². The SMILES string of the molecule is CCCN[P+](=O)CO[C@H](C)Cn1cnc2c(C)ncnc21. The second kappa shape index (κ2) is 7.54. The monoisotopic (exact) mass is 310 g/mol. The summed E-state index contributed by atoms with van der Waals surface area (Å²) < 4.78 is 19.2. The summed E-state index contributed by atoms with van der Waals surface area (Å²) in [7, 11) is -1.49. The zero-order chi connectivity index (χ0) is 15.2. The van der Waals surface area contributed by atoms with Gasteiger partial charge < -0.3 is 9.30 Å². The molecule has 1 unspecified atom stereocenters. The van der Waals surface area contributed by atoms with Gasteiger partial charge in [0.2, 0.25) is 0 Å². The number of nitrogens with one attached hydrogen (secondary N) is 1. The van der Waals surface area contributed by atoms with Gasteiger partial charge in [-0.1, -0.05) is 6.92 Å². The number of aryl methyl sites for hydroxylation is 1. The fourth-order valence-electron chi connectivity index (χ4n) is 1.94. The van der Waals surface area contributed by atoms with E-state index in [9.17, 15) is 4.57 Å². The summed E-state index contributed by atoms with van der Waals surface area (Å²) in [6.45, 7) is 7.25. The minimum Gasteiger partial charge on any atom is -0.331 e. The Labute approximate surface area is 125 Å². The minimum absolute atomic E-state index is 0.0694. The smallest absolute Gasteiger partial charge is 0.331 e. The molecule has 0 radical (unpaired) electrons. The predicted molar refractivity (Wildman–Crippen MR) is 81.4 cm³/mol. The van der Waals surface area contributed by atoms with Crippen molar-refractivity contribution in [3.63, 3.8) is 0 Å². The lowest BCUT2D eigenvalue weighted by atomic mass is 10.4. The van der Waals surface area contributed by atoms with Crippen LogP contribution in [0.15, 0.2) is 12.7 Å². The molecule has 0 aliphatic heterocycles. The van der Waals surface area contributed by atoms with Crippen LogP contribution in [0.3, 0.4) is 0 Å². The Morgan fingerprint density at radius 3 is 3.00 bits per heavy atom. The number of aromatic nitrogens is 4. The van der Waals surface area contributed by atoms with Gasteiger partial charge in [-0.3, -0.25) is 0 Å². The standard InChI is InChI=1S/C13H21N5O2P/c1-4-5-17-21(19)9-20-10(2)6-18-8-16-12-11(3)14-7-15-13(12)18/h7-8,10H,4-6,9H2,1-3H3,(H,17,19)/q+1/t10-/m1/s1. The van der Waals surface area contributed by atoms with Crippen LogP contribution < -0.4 is 5.09 Å². The molecule has 7 nitrogen and oxygen atoms in total. The minimum atomic E-state index is -1.49. The predicted octanol–water partition coefficient (Wildman–Crippen LogP) is 2.24. The van der Waals surface area contributed by atoms with Crippen LogP contribution in [0, 0.1) is 6.92 Å². The zero-order valence-corrected chi connectivity index (χ0v) is 13.5. The first-order valence-electron chi connectivity index (χ1n) is 7.04. The van der Waals surface area contributed by atoms with Crippen molar-refractivity contribution in [2.45, 2.75) is 39.8 Å². The third-order valence-electron chi connectivity index (χ3n) is 3.05. The van der Waals surface area contributed by atoms with E-state index in [4.69, 9.17) is 4.74 Å². The highest BCUT2D eigenvalue weighted by Gasteiger charge is 2.17. The molecular formula is C13H21N5O2P+. The highest BCUT2D eigenvalue weighted by Crippen LogP contribution is 2.17. The van der Waals surface area contributed by atoms with Crippen molar-refractivity contribution < 1.29 is 9.30 Å². The molecule has 0 aromatic carbocycles. The van der Waals surface area contributed by atoms with Crippen LogP contribution in [0.25, 0.3) is 11.2 Å². The molecule has 0 saturated carbocycles. The van der Waals surface area contributed by atoms with E-state index in [0.29, 0.717) is 6.54 Å². The lowest BCUT2D eigenvalue weighted by molar-refractivity contribution is 0.0875. The Bertz CT molecular complexity index is 616. The van der Waals surface area contributed by atoms with E-state index in [1.807, 2.05) is 25.3 Å². The molecule has 2 aromatic heterocycles. The van der Waals surface area contributed by atoms with Crippen molar-refractivity contribution in [1.29, 1.82) is 0 Å². The van der Waals surface area contributed by atoms with Gasteiger partial charge in [0.05, 0.1) is 24.7 Å². The fourth-order valence-corrected chi connectivity index (χ4v) is 2.89. The van der Waals surface area contributed by atoms with Gasteiger partial charge >= 0.3 is 7.95 Å². The maximum atomic E-state index is 11.6. The summed E-state index contributed by atoms with van der Waals surface area (Å²) in [5.74, 6) is 0. The Hall–Kier alpha value is -1.43. The average Bonchev–Trinajstić information content (AvgIpc) is 2.87. The lowest BCUT2D eigenvalue weighted by Crippen LogP contribution is -2.18. The zero-order valence-electron chi connectivity index (χ0n) is 12.6. The fraction of sp³-hybridized carbons (Fsp3) is 0.615. The van der Waals surface area contributed by atoms with Gasteiger partial charge in [-0.15, -0.1) is 5.09 Å². The molecule has 0 saturated heterocycles. The van der Waals surface area contributed by atoms with Gasteiger partial charge in [0.25, 0.3) is 6.35 Å². The third-order valence-corrected chi connectivity index (χ3v) is 4.01. The summed E-state index contributed by atoms with van der Waals surface area (Å²) in [6, 6.07) is 0. The molecule has 0 fully saturated rings. The van der Waals surface area contributed by atoms with Crippen molar-refractivity contribution in [3.05, 3.63) is 18.3 Å². The van der Waals surface area contributed by atoms with Crippen molar-refractivity contribution >= 4 is 19.1 Å². The molecule has 0 spiro atoms. The van der Waals surface area contributed by atoms with E-state index in [2.05, 4.69) is 20.0 Å². The molecule has 0 bridgehead atoms. The van der Waals surface area contributed by atoms with E-state index in [1.54, 1.807) is 6.33 Å². The van der Waals surface area contributed by atoms with Crippen molar-refractivity contribution in [3.8, 4) is 0 Å². The first-order valence-corrected chi connectivity index (χ1v) is 8.48. The largest absolute Gasteiger partial charge is 0.460 e. The average molecular weight is 310 g/mol. The number of nitrogens with zero attached hydrogens (tertiary/aromatic N) is 4. The maximum absolute atomic E-state index is 11.6. The van der Waals surface area contributed by atoms with E-state index >= 15 is 0 Å². The number of imidazole rings is 1. The molecule has 1 N–H and O–H groups in total. The molecule has 2 aromatic rings. The van der Waals surface area contributed by atoms with Crippen molar-refractivity contribution in [2.75, 3.05) is 12.9 Å². The summed E-state index contributed by atoms with van der Waals surface area (Å²) in [5, 5.41) is 2.93. The summed E-state index contributed by atoms with van der Waals surface area (Å²) in [5.41, 5.74) is 2.46. The van der Waals surface area contributed by atoms with Crippen LogP contribution in [-0.4, -0.2) is 38.5 Å². The molecule has 21 heavy (non-hydrogen) atoms. The molecule has 114 valence electrons. The van der Waals surface area contributed by atoms with Crippen LogP contribution in [0.2, 0.25) is 0 Å². The number of fused-ring (bicyclic) bond motifs is 1. The van der Waals surface area contributed by atoms with Gasteiger partial charge in [-0.2, -0.15) is 0 Å². The van der Waals surface area contributed by atoms with Gasteiger partial charge in [0.15, 0.2) is 5.65 Å². The van der Waals surface area contributed by atoms with Crippen LogP contribution >= 0.6 is 7.95 Å². The van der Waals surface area contributed by atoms with E-state index in [1.165, 1.54) is 6.33 Å². The van der Waals surface area contributed by atoms with Gasteiger partial charge in [0.1, 0.15) is 11.8 Å². The van der Waals surface area contributed by atoms with Gasteiger partial charge in [-0.05, 0) is 24.8 Å². The molecule has 0 amide bonds. The molecule has 2 heterocycles. The third kappa shape index (κ3) is 4.27. The second-order valence-corrected chi connectivity index (χ2v) is 6.25. The Morgan fingerprint density at radius 1 is 1.43 bits per heavy atom.